The maximum atomic E-state index is 14.0. The topological polar surface area (TPSA) is 107 Å². The van der Waals surface area contributed by atoms with E-state index < -0.39 is 52.2 Å². The molecule has 152 valence electrons. The Hall–Kier alpha value is -3.27. The van der Waals surface area contributed by atoms with Gasteiger partial charge in [-0.15, -0.1) is 0 Å². The van der Waals surface area contributed by atoms with E-state index >= 15 is 0 Å². The maximum Gasteiger partial charge on any atom is 0.416 e. The molecule has 0 atom stereocenters. The van der Waals surface area contributed by atoms with E-state index in [9.17, 15) is 26.3 Å². The first-order valence-corrected chi connectivity index (χ1v) is 8.04. The molecule has 29 heavy (non-hydrogen) atoms. The highest BCUT2D eigenvalue weighted by Gasteiger charge is 2.33. The van der Waals surface area contributed by atoms with Gasteiger partial charge in [-0.05, 0) is 34.1 Å². The van der Waals surface area contributed by atoms with Crippen LogP contribution < -0.4 is 15.9 Å². The van der Waals surface area contributed by atoms with Crippen molar-refractivity contribution >= 4 is 33.2 Å². The lowest BCUT2D eigenvalue weighted by Crippen LogP contribution is -2.21. The lowest BCUT2D eigenvalue weighted by molar-refractivity contribution is -0.138. The minimum absolute atomic E-state index is 0.0163. The summed E-state index contributed by atoms with van der Waals surface area (Å²) in [5, 5.41) is 19.4. The number of amidine groups is 1. The molecular formula is C16H8BrF6N5O. The number of benzene rings is 2. The van der Waals surface area contributed by atoms with Gasteiger partial charge in [0, 0.05) is 6.07 Å². The third-order valence-electron chi connectivity index (χ3n) is 3.21. The van der Waals surface area contributed by atoms with Crippen LogP contribution >= 0.6 is 15.9 Å². The van der Waals surface area contributed by atoms with Gasteiger partial charge in [-0.2, -0.15) is 23.5 Å². The molecule has 0 saturated heterocycles. The second-order valence-corrected chi connectivity index (χ2v) is 6.08. The normalized spacial score (nSPS) is 11.7. The summed E-state index contributed by atoms with van der Waals surface area (Å²) in [5.74, 6) is -6.81. The molecule has 0 unspecified atom stereocenters. The van der Waals surface area contributed by atoms with Gasteiger partial charge in [-0.1, -0.05) is 0 Å². The number of hydrazone groups is 1. The molecule has 0 aliphatic rings. The van der Waals surface area contributed by atoms with Gasteiger partial charge in [0.2, 0.25) is 5.71 Å². The van der Waals surface area contributed by atoms with E-state index in [4.69, 9.17) is 21.1 Å². The number of rotatable bonds is 5. The van der Waals surface area contributed by atoms with E-state index in [0.717, 1.165) is 6.07 Å². The Bertz CT molecular complexity index is 1020. The van der Waals surface area contributed by atoms with Gasteiger partial charge < -0.3 is 10.5 Å². The number of hydrogen-bond acceptors (Lipinski definition) is 5. The first-order chi connectivity index (χ1) is 13.4. The summed E-state index contributed by atoms with van der Waals surface area (Å²) in [6.45, 7) is 0. The zero-order valence-electron chi connectivity index (χ0n) is 13.8. The molecular weight excluding hydrogens is 472 g/mol. The van der Waals surface area contributed by atoms with Crippen LogP contribution in [0.4, 0.5) is 32.0 Å². The number of nitrogens with two attached hydrogens (primary N) is 1. The van der Waals surface area contributed by atoms with Crippen LogP contribution in [0.1, 0.15) is 5.56 Å². The Labute approximate surface area is 167 Å². The summed E-state index contributed by atoms with van der Waals surface area (Å²) in [7, 11) is 0. The Morgan fingerprint density at radius 3 is 2.21 bits per heavy atom. The van der Waals surface area contributed by atoms with Crippen molar-refractivity contribution in [3.05, 3.63) is 51.8 Å². The fourth-order valence-corrected chi connectivity index (χ4v) is 2.24. The zero-order chi connectivity index (χ0) is 21.9. The maximum absolute atomic E-state index is 14.0. The van der Waals surface area contributed by atoms with Crippen LogP contribution in [0.5, 0.6) is 11.5 Å². The van der Waals surface area contributed by atoms with Gasteiger partial charge in [0.15, 0.2) is 29.0 Å². The lowest BCUT2D eigenvalue weighted by atomic mass is 10.2. The minimum Gasteiger partial charge on any atom is -0.449 e. The summed E-state index contributed by atoms with van der Waals surface area (Å²) < 4.78 is 84.5. The molecule has 0 radical (unpaired) electrons. The molecule has 0 heterocycles. The Balaban J connectivity index is 2.50. The van der Waals surface area contributed by atoms with Crippen molar-refractivity contribution in [1.29, 1.82) is 10.7 Å². The van der Waals surface area contributed by atoms with Crippen LogP contribution in [0.3, 0.4) is 0 Å². The van der Waals surface area contributed by atoms with Crippen LogP contribution in [-0.2, 0) is 6.18 Å². The van der Waals surface area contributed by atoms with Gasteiger partial charge in [0.25, 0.3) is 0 Å². The second kappa shape index (κ2) is 8.39. The molecule has 0 amide bonds. The largest absolute Gasteiger partial charge is 0.449 e. The highest BCUT2D eigenvalue weighted by atomic mass is 79.9. The highest BCUT2D eigenvalue weighted by molar-refractivity contribution is 9.10. The summed E-state index contributed by atoms with van der Waals surface area (Å²) in [6, 6.07) is 3.20. The quantitative estimate of drug-likeness (QED) is 0.245. The number of ether oxygens (including phenoxy) is 1. The molecule has 0 saturated carbocycles. The monoisotopic (exact) mass is 479 g/mol. The highest BCUT2D eigenvalue weighted by Crippen LogP contribution is 2.38. The van der Waals surface area contributed by atoms with Gasteiger partial charge in [0.1, 0.15) is 17.6 Å². The van der Waals surface area contributed by atoms with Gasteiger partial charge in [-0.25, -0.2) is 13.2 Å². The van der Waals surface area contributed by atoms with Crippen molar-refractivity contribution < 1.29 is 31.1 Å². The van der Waals surface area contributed by atoms with E-state index in [2.05, 4.69) is 26.5 Å². The van der Waals surface area contributed by atoms with Crippen molar-refractivity contribution in [2.24, 2.45) is 10.8 Å². The molecule has 0 spiro atoms. The number of nitrogens with zero attached hydrogens (tertiary/aromatic N) is 2. The Kier molecular flexibility index (Phi) is 6.38. The molecule has 0 bridgehead atoms. The smallest absolute Gasteiger partial charge is 0.416 e. The molecule has 2 rings (SSSR count). The molecule has 13 heteroatoms. The van der Waals surface area contributed by atoms with Crippen molar-refractivity contribution in [2.45, 2.75) is 6.18 Å². The molecule has 0 aromatic heterocycles. The lowest BCUT2D eigenvalue weighted by Gasteiger charge is -2.14. The SMILES string of the molecule is N#C/C(=N\Nc1cc(Br)c(F)cc1Oc1c(F)cc(C(F)(F)F)cc1F)C(=N)N. The fraction of sp³-hybridized carbons (Fsp3) is 0.0625. The molecule has 6 nitrogen and oxygen atoms in total. The number of alkyl halides is 3. The van der Waals surface area contributed by atoms with Crippen molar-refractivity contribution in [3.63, 3.8) is 0 Å². The van der Waals surface area contributed by atoms with Crippen molar-refractivity contribution in [1.82, 2.24) is 0 Å². The third-order valence-corrected chi connectivity index (χ3v) is 3.82. The molecule has 0 aliphatic heterocycles. The van der Waals surface area contributed by atoms with Crippen LogP contribution in [0.15, 0.2) is 33.8 Å². The third kappa shape index (κ3) is 5.17. The molecule has 0 fully saturated rings. The average molecular weight is 480 g/mol. The number of anilines is 1. The number of nitrogens with one attached hydrogen (secondary N) is 2. The summed E-state index contributed by atoms with van der Waals surface area (Å²) >= 11 is 2.85. The predicted octanol–water partition coefficient (Wildman–Crippen LogP) is 4.90. The van der Waals surface area contributed by atoms with Crippen LogP contribution in [0.25, 0.3) is 0 Å². The molecule has 0 aliphatic carbocycles. The van der Waals surface area contributed by atoms with E-state index in [0.29, 0.717) is 6.07 Å². The van der Waals surface area contributed by atoms with Crippen LogP contribution in [0.2, 0.25) is 0 Å². The molecule has 4 N–H and O–H groups in total. The zero-order valence-corrected chi connectivity index (χ0v) is 15.4. The first kappa shape index (κ1) is 22.0. The van der Waals surface area contributed by atoms with Gasteiger partial charge in [-0.3, -0.25) is 10.8 Å². The van der Waals surface area contributed by atoms with Crippen LogP contribution in [0, 0.1) is 34.2 Å². The second-order valence-electron chi connectivity index (χ2n) is 5.23. The number of nitriles is 1. The van der Waals surface area contributed by atoms with Gasteiger partial charge >= 0.3 is 6.18 Å². The minimum atomic E-state index is -4.99. The van der Waals surface area contributed by atoms with Gasteiger partial charge in [0.05, 0.1) is 10.0 Å². The molecule has 2 aromatic carbocycles. The number of halogens is 7. The number of hydrogen-bond donors (Lipinski definition) is 3. The van der Waals surface area contributed by atoms with E-state index in [1.165, 1.54) is 6.07 Å². The standard InChI is InChI=1S/C16H8BrF6N5O/c17-7-3-11(27-28-12(5-24)15(25)26)13(4-8(7)18)29-14-9(19)1-6(2-10(14)20)16(21,22)23/h1-4,27H,(H3,25,26)/b28-12+. The van der Waals surface area contributed by atoms with E-state index in [-0.39, 0.29) is 22.3 Å². The predicted molar refractivity (Wildman–Crippen MR) is 94.1 cm³/mol. The summed E-state index contributed by atoms with van der Waals surface area (Å²) in [4.78, 5) is 0. The van der Waals surface area contributed by atoms with Crippen molar-refractivity contribution in [3.8, 4) is 17.6 Å². The fourth-order valence-electron chi connectivity index (χ4n) is 1.89. The Morgan fingerprint density at radius 1 is 1.14 bits per heavy atom. The molecule has 2 aromatic rings. The first-order valence-electron chi connectivity index (χ1n) is 7.25. The van der Waals surface area contributed by atoms with E-state index in [1.807, 2.05) is 0 Å². The average Bonchev–Trinajstić information content (AvgIpc) is 2.60. The van der Waals surface area contributed by atoms with Crippen molar-refractivity contribution in [2.75, 3.05) is 5.43 Å². The Morgan fingerprint density at radius 2 is 1.72 bits per heavy atom. The summed E-state index contributed by atoms with van der Waals surface area (Å²) in [5.41, 5.74) is 4.93. The summed E-state index contributed by atoms with van der Waals surface area (Å²) in [6.07, 6.45) is -4.99. The van der Waals surface area contributed by atoms with Crippen LogP contribution in [-0.4, -0.2) is 11.5 Å². The van der Waals surface area contributed by atoms with E-state index in [1.54, 1.807) is 0 Å².